The molecule has 1 amide bonds. The summed E-state index contributed by atoms with van der Waals surface area (Å²) in [4.78, 5) is 45.0. The molecule has 0 radical (unpaired) electrons. The molecule has 3 aromatic carbocycles. The van der Waals surface area contributed by atoms with Gasteiger partial charge in [-0.3, -0.25) is 14.6 Å². The SMILES string of the molecule is O=C(Nc1cccc(Oc2ccncc2)c1)c1ccc2c(=O)n(-c3ccccc3)c(=O)[nH]c2c1. The molecule has 0 aliphatic rings. The van der Waals surface area contributed by atoms with Gasteiger partial charge in [0.15, 0.2) is 0 Å². The van der Waals surface area contributed by atoms with Crippen molar-refractivity contribution < 1.29 is 9.53 Å². The Hall–Kier alpha value is -4.98. The van der Waals surface area contributed by atoms with Crippen LogP contribution < -0.4 is 21.3 Å². The fourth-order valence-electron chi connectivity index (χ4n) is 3.55. The Kier molecular flexibility index (Phi) is 5.45. The van der Waals surface area contributed by atoms with E-state index >= 15 is 0 Å². The van der Waals surface area contributed by atoms with Crippen molar-refractivity contribution >= 4 is 22.5 Å². The minimum atomic E-state index is -0.581. The number of carbonyl (C=O) groups is 1. The Morgan fingerprint density at radius 1 is 0.853 bits per heavy atom. The molecule has 0 atom stereocenters. The molecule has 8 heteroatoms. The second-order valence-corrected chi connectivity index (χ2v) is 7.43. The van der Waals surface area contributed by atoms with E-state index in [1.165, 1.54) is 12.1 Å². The summed E-state index contributed by atoms with van der Waals surface area (Å²) in [5.74, 6) is 0.780. The summed E-state index contributed by atoms with van der Waals surface area (Å²) >= 11 is 0. The summed E-state index contributed by atoms with van der Waals surface area (Å²) < 4.78 is 6.84. The van der Waals surface area contributed by atoms with Crippen LogP contribution in [0.5, 0.6) is 11.5 Å². The number of aromatic nitrogens is 3. The third-order valence-corrected chi connectivity index (χ3v) is 5.15. The van der Waals surface area contributed by atoms with Crippen molar-refractivity contribution in [3.05, 3.63) is 124 Å². The van der Waals surface area contributed by atoms with Crippen LogP contribution in [0.2, 0.25) is 0 Å². The van der Waals surface area contributed by atoms with E-state index in [1.54, 1.807) is 85.2 Å². The zero-order valence-electron chi connectivity index (χ0n) is 17.8. The lowest BCUT2D eigenvalue weighted by Gasteiger charge is -2.10. The van der Waals surface area contributed by atoms with Gasteiger partial charge in [0.1, 0.15) is 11.5 Å². The van der Waals surface area contributed by atoms with Gasteiger partial charge in [-0.2, -0.15) is 0 Å². The highest BCUT2D eigenvalue weighted by Crippen LogP contribution is 2.24. The summed E-state index contributed by atoms with van der Waals surface area (Å²) in [6.07, 6.45) is 3.25. The maximum Gasteiger partial charge on any atom is 0.333 e. The summed E-state index contributed by atoms with van der Waals surface area (Å²) in [5.41, 5.74) is 0.529. The second-order valence-electron chi connectivity index (χ2n) is 7.43. The maximum atomic E-state index is 12.9. The van der Waals surface area contributed by atoms with Gasteiger partial charge in [0.2, 0.25) is 0 Å². The Morgan fingerprint density at radius 3 is 2.44 bits per heavy atom. The van der Waals surface area contributed by atoms with Crippen LogP contribution in [0.4, 0.5) is 5.69 Å². The first kappa shape index (κ1) is 20.9. The lowest BCUT2D eigenvalue weighted by Crippen LogP contribution is -2.33. The van der Waals surface area contributed by atoms with Crippen molar-refractivity contribution in [3.8, 4) is 17.2 Å². The molecule has 34 heavy (non-hydrogen) atoms. The molecule has 8 nitrogen and oxygen atoms in total. The fraction of sp³-hybridized carbons (Fsp3) is 0. The molecule has 0 saturated carbocycles. The van der Waals surface area contributed by atoms with E-state index in [2.05, 4.69) is 15.3 Å². The number of para-hydroxylation sites is 1. The quantitative estimate of drug-likeness (QED) is 0.419. The summed E-state index contributed by atoms with van der Waals surface area (Å²) in [7, 11) is 0. The molecule has 166 valence electrons. The van der Waals surface area contributed by atoms with Crippen LogP contribution in [0.25, 0.3) is 16.6 Å². The van der Waals surface area contributed by atoms with Crippen molar-refractivity contribution in [2.45, 2.75) is 0 Å². The Balaban J connectivity index is 1.42. The number of ether oxygens (including phenoxy) is 1. The number of H-pyrrole nitrogens is 1. The Bertz CT molecular complexity index is 1610. The smallest absolute Gasteiger partial charge is 0.333 e. The highest BCUT2D eigenvalue weighted by molar-refractivity contribution is 6.06. The van der Waals surface area contributed by atoms with E-state index in [1.807, 2.05) is 0 Å². The number of fused-ring (bicyclic) bond motifs is 1. The van der Waals surface area contributed by atoms with Crippen LogP contribution in [0.15, 0.2) is 107 Å². The molecule has 0 bridgehead atoms. The number of amides is 1. The van der Waals surface area contributed by atoms with Crippen LogP contribution in [-0.2, 0) is 0 Å². The molecule has 5 rings (SSSR count). The molecule has 0 fully saturated rings. The number of carbonyl (C=O) groups excluding carboxylic acids is 1. The molecule has 0 spiro atoms. The number of nitrogens with zero attached hydrogens (tertiary/aromatic N) is 2. The summed E-state index contributed by atoms with van der Waals surface area (Å²) in [6.45, 7) is 0. The van der Waals surface area contributed by atoms with E-state index in [-0.39, 0.29) is 5.52 Å². The number of aromatic amines is 1. The standard InChI is InChI=1S/C26H18N4O4/c31-24(28-18-5-4-8-21(16-18)34-20-11-13-27-14-12-20)17-9-10-22-23(15-17)29-26(33)30(25(22)32)19-6-2-1-3-7-19/h1-16H,(H,28,31)(H,29,33). The molecule has 2 heterocycles. The molecule has 5 aromatic rings. The Labute approximate surface area is 193 Å². The van der Waals surface area contributed by atoms with E-state index in [0.717, 1.165) is 4.57 Å². The fourth-order valence-corrected chi connectivity index (χ4v) is 3.55. The van der Waals surface area contributed by atoms with Crippen molar-refractivity contribution in [2.75, 3.05) is 5.32 Å². The van der Waals surface area contributed by atoms with E-state index in [0.29, 0.717) is 33.8 Å². The third-order valence-electron chi connectivity index (χ3n) is 5.15. The minimum Gasteiger partial charge on any atom is -0.457 e. The average molecular weight is 450 g/mol. The van der Waals surface area contributed by atoms with Crippen LogP contribution in [0.1, 0.15) is 10.4 Å². The number of hydrogen-bond donors (Lipinski definition) is 2. The van der Waals surface area contributed by atoms with Gasteiger partial charge in [0.25, 0.3) is 11.5 Å². The molecule has 2 N–H and O–H groups in total. The molecule has 0 saturated heterocycles. The first-order valence-corrected chi connectivity index (χ1v) is 10.4. The molecular formula is C26H18N4O4. The predicted molar refractivity (Wildman–Crippen MR) is 129 cm³/mol. The summed E-state index contributed by atoms with van der Waals surface area (Å²) in [6, 6.07) is 23.6. The van der Waals surface area contributed by atoms with Gasteiger partial charge < -0.3 is 15.0 Å². The molecular weight excluding hydrogens is 432 g/mol. The first-order valence-electron chi connectivity index (χ1n) is 10.4. The zero-order chi connectivity index (χ0) is 23.5. The van der Waals surface area contributed by atoms with Gasteiger partial charge in [0, 0.05) is 29.7 Å². The van der Waals surface area contributed by atoms with Crippen molar-refractivity contribution in [3.63, 3.8) is 0 Å². The Morgan fingerprint density at radius 2 is 1.65 bits per heavy atom. The molecule has 0 aliphatic carbocycles. The second kappa shape index (κ2) is 8.87. The number of nitrogens with one attached hydrogen (secondary N) is 2. The normalized spacial score (nSPS) is 10.7. The predicted octanol–water partition coefficient (Wildman–Crippen LogP) is 4.12. The first-order chi connectivity index (χ1) is 16.6. The van der Waals surface area contributed by atoms with Crippen LogP contribution in [-0.4, -0.2) is 20.4 Å². The molecule has 0 aliphatic heterocycles. The van der Waals surface area contributed by atoms with Crippen molar-refractivity contribution in [2.24, 2.45) is 0 Å². The van der Waals surface area contributed by atoms with Crippen LogP contribution >= 0.6 is 0 Å². The number of hydrogen-bond acceptors (Lipinski definition) is 5. The highest BCUT2D eigenvalue weighted by Gasteiger charge is 2.13. The van der Waals surface area contributed by atoms with E-state index < -0.39 is 17.2 Å². The van der Waals surface area contributed by atoms with E-state index in [9.17, 15) is 14.4 Å². The van der Waals surface area contributed by atoms with Gasteiger partial charge in [-0.25, -0.2) is 9.36 Å². The third kappa shape index (κ3) is 4.20. The molecule has 0 unspecified atom stereocenters. The van der Waals surface area contributed by atoms with Gasteiger partial charge in [-0.15, -0.1) is 0 Å². The lowest BCUT2D eigenvalue weighted by atomic mass is 10.1. The van der Waals surface area contributed by atoms with Crippen molar-refractivity contribution in [1.29, 1.82) is 0 Å². The lowest BCUT2D eigenvalue weighted by molar-refractivity contribution is 0.102. The average Bonchev–Trinajstić information content (AvgIpc) is 2.85. The highest BCUT2D eigenvalue weighted by atomic mass is 16.5. The molecule has 2 aromatic heterocycles. The zero-order valence-corrected chi connectivity index (χ0v) is 17.8. The van der Waals surface area contributed by atoms with Crippen LogP contribution in [0.3, 0.4) is 0 Å². The van der Waals surface area contributed by atoms with Gasteiger partial charge in [0.05, 0.1) is 16.6 Å². The summed E-state index contributed by atoms with van der Waals surface area (Å²) in [5, 5.41) is 3.11. The van der Waals surface area contributed by atoms with Gasteiger partial charge in [-0.1, -0.05) is 24.3 Å². The number of rotatable bonds is 5. The number of pyridine rings is 1. The minimum absolute atomic E-state index is 0.282. The largest absolute Gasteiger partial charge is 0.457 e. The van der Waals surface area contributed by atoms with Crippen LogP contribution in [0, 0.1) is 0 Å². The van der Waals surface area contributed by atoms with Gasteiger partial charge in [-0.05, 0) is 54.6 Å². The topological polar surface area (TPSA) is 106 Å². The maximum absolute atomic E-state index is 12.9. The van der Waals surface area contributed by atoms with E-state index in [4.69, 9.17) is 4.74 Å². The number of anilines is 1. The van der Waals surface area contributed by atoms with Crippen molar-refractivity contribution in [1.82, 2.24) is 14.5 Å². The number of benzene rings is 3. The monoisotopic (exact) mass is 450 g/mol. The van der Waals surface area contributed by atoms with Gasteiger partial charge >= 0.3 is 5.69 Å².